The molecule has 19 heavy (non-hydrogen) atoms. The Kier molecular flexibility index (Phi) is 4.06. The molecule has 0 aliphatic carbocycles. The summed E-state index contributed by atoms with van der Waals surface area (Å²) in [6.07, 6.45) is 0. The number of hydrogen-bond acceptors (Lipinski definition) is 5. The molecule has 1 heterocycles. The van der Waals surface area contributed by atoms with Crippen LogP contribution in [-0.2, 0) is 19.4 Å². The first kappa shape index (κ1) is 13.8. The Bertz CT molecular complexity index is 548. The predicted octanol–water partition coefficient (Wildman–Crippen LogP) is -0.0987. The number of anilines is 1. The number of amides is 1. The Labute approximate surface area is 112 Å². The molecule has 1 aromatic carbocycles. The van der Waals surface area contributed by atoms with Gasteiger partial charge in [0.25, 0.3) is 0 Å². The normalized spacial score (nSPS) is 16.3. The van der Waals surface area contributed by atoms with Gasteiger partial charge in [0.05, 0.1) is 18.1 Å². The van der Waals surface area contributed by atoms with Gasteiger partial charge in [0.1, 0.15) is 5.75 Å². The number of nitrogen functional groups attached to an aromatic ring is 1. The number of morpholine rings is 1. The van der Waals surface area contributed by atoms with E-state index < -0.39 is 15.6 Å². The molecule has 2 N–H and O–H groups in total. The first-order valence-electron chi connectivity index (χ1n) is 5.93. The number of nitrogens with two attached hydrogens (primary N) is 1. The van der Waals surface area contributed by atoms with Crippen LogP contribution in [-0.4, -0.2) is 51.3 Å². The monoisotopic (exact) mass is 284 g/mol. The van der Waals surface area contributed by atoms with E-state index in [2.05, 4.69) is 0 Å². The standard InChI is InChI=1S/C12H16N2O4S/c13-10-1-3-11(4-2-10)19(16,17)9-12(15)14-5-7-18-8-6-14/h1-4H,5-9,13H2. The molecule has 0 radical (unpaired) electrons. The predicted molar refractivity (Wildman–Crippen MR) is 70.3 cm³/mol. The van der Waals surface area contributed by atoms with Crippen LogP contribution in [0.2, 0.25) is 0 Å². The summed E-state index contributed by atoms with van der Waals surface area (Å²) >= 11 is 0. The first-order valence-corrected chi connectivity index (χ1v) is 7.58. The molecule has 0 spiro atoms. The largest absolute Gasteiger partial charge is 0.399 e. The minimum Gasteiger partial charge on any atom is -0.399 e. The average molecular weight is 284 g/mol. The van der Waals surface area contributed by atoms with Crippen LogP contribution in [0.5, 0.6) is 0 Å². The zero-order chi connectivity index (χ0) is 13.9. The summed E-state index contributed by atoms with van der Waals surface area (Å²) < 4.78 is 29.3. The van der Waals surface area contributed by atoms with Crippen LogP contribution in [0.15, 0.2) is 29.2 Å². The third kappa shape index (κ3) is 3.45. The fourth-order valence-electron chi connectivity index (χ4n) is 1.83. The SMILES string of the molecule is Nc1ccc(S(=O)(=O)CC(=O)N2CCOCC2)cc1. The second kappa shape index (κ2) is 5.58. The van der Waals surface area contributed by atoms with Crippen LogP contribution >= 0.6 is 0 Å². The van der Waals surface area contributed by atoms with Gasteiger partial charge in [-0.25, -0.2) is 8.42 Å². The minimum atomic E-state index is -3.61. The van der Waals surface area contributed by atoms with Crippen molar-refractivity contribution in [1.82, 2.24) is 4.90 Å². The Morgan fingerprint density at radius 3 is 2.37 bits per heavy atom. The zero-order valence-corrected chi connectivity index (χ0v) is 11.2. The summed E-state index contributed by atoms with van der Waals surface area (Å²) in [5.41, 5.74) is 5.99. The second-order valence-corrected chi connectivity index (χ2v) is 6.31. The van der Waals surface area contributed by atoms with E-state index in [4.69, 9.17) is 10.5 Å². The first-order chi connectivity index (χ1) is 8.99. The molecule has 0 atom stereocenters. The van der Waals surface area contributed by atoms with Crippen molar-refractivity contribution in [3.63, 3.8) is 0 Å². The number of carbonyl (C=O) groups is 1. The fourth-order valence-corrected chi connectivity index (χ4v) is 3.05. The van der Waals surface area contributed by atoms with Gasteiger partial charge in [-0.05, 0) is 24.3 Å². The summed E-state index contributed by atoms with van der Waals surface area (Å²) in [6.45, 7) is 1.79. The highest BCUT2D eigenvalue weighted by molar-refractivity contribution is 7.92. The van der Waals surface area contributed by atoms with E-state index in [-0.39, 0.29) is 10.8 Å². The third-order valence-electron chi connectivity index (χ3n) is 2.92. The highest BCUT2D eigenvalue weighted by Gasteiger charge is 2.24. The second-order valence-electron chi connectivity index (χ2n) is 4.32. The summed E-state index contributed by atoms with van der Waals surface area (Å²) in [7, 11) is -3.61. The molecular formula is C12H16N2O4S. The molecule has 0 aromatic heterocycles. The third-order valence-corrected chi connectivity index (χ3v) is 4.53. The maximum Gasteiger partial charge on any atom is 0.238 e. The Morgan fingerprint density at radius 1 is 1.21 bits per heavy atom. The van der Waals surface area contributed by atoms with Crippen LogP contribution in [0, 0.1) is 0 Å². The number of nitrogens with zero attached hydrogens (tertiary/aromatic N) is 1. The Balaban J connectivity index is 2.08. The molecule has 1 aliphatic rings. The topological polar surface area (TPSA) is 89.7 Å². The summed E-state index contributed by atoms with van der Waals surface area (Å²) in [5, 5.41) is 0. The van der Waals surface area contributed by atoms with E-state index in [0.29, 0.717) is 32.0 Å². The van der Waals surface area contributed by atoms with Crippen LogP contribution in [0.25, 0.3) is 0 Å². The van der Waals surface area contributed by atoms with E-state index in [0.717, 1.165) is 0 Å². The number of hydrogen-bond donors (Lipinski definition) is 1. The molecule has 1 aromatic rings. The molecule has 1 amide bonds. The molecule has 104 valence electrons. The number of ether oxygens (including phenoxy) is 1. The van der Waals surface area contributed by atoms with Crippen LogP contribution in [0.4, 0.5) is 5.69 Å². The van der Waals surface area contributed by atoms with Crippen molar-refractivity contribution in [3.05, 3.63) is 24.3 Å². The number of rotatable bonds is 3. The van der Waals surface area contributed by atoms with Crippen molar-refractivity contribution in [3.8, 4) is 0 Å². The molecule has 0 unspecified atom stereocenters. The van der Waals surface area contributed by atoms with E-state index in [1.54, 1.807) is 0 Å². The smallest absolute Gasteiger partial charge is 0.238 e. The van der Waals surface area contributed by atoms with Gasteiger partial charge in [-0.2, -0.15) is 0 Å². The van der Waals surface area contributed by atoms with Crippen LogP contribution in [0.1, 0.15) is 0 Å². The maximum atomic E-state index is 12.1. The number of sulfone groups is 1. The van der Waals surface area contributed by atoms with Gasteiger partial charge in [-0.1, -0.05) is 0 Å². The van der Waals surface area contributed by atoms with Crippen molar-refractivity contribution < 1.29 is 17.9 Å². The van der Waals surface area contributed by atoms with Gasteiger partial charge in [0.15, 0.2) is 9.84 Å². The minimum absolute atomic E-state index is 0.114. The van der Waals surface area contributed by atoms with Gasteiger partial charge < -0.3 is 15.4 Å². The van der Waals surface area contributed by atoms with Crippen LogP contribution in [0.3, 0.4) is 0 Å². The van der Waals surface area contributed by atoms with E-state index in [9.17, 15) is 13.2 Å². The molecule has 6 nitrogen and oxygen atoms in total. The van der Waals surface area contributed by atoms with E-state index in [1.165, 1.54) is 29.2 Å². The van der Waals surface area contributed by atoms with Crippen molar-refractivity contribution >= 4 is 21.4 Å². The van der Waals surface area contributed by atoms with Gasteiger partial charge >= 0.3 is 0 Å². The summed E-state index contributed by atoms with van der Waals surface area (Å²) in [4.78, 5) is 13.5. The summed E-state index contributed by atoms with van der Waals surface area (Å²) in [5.74, 6) is -0.906. The van der Waals surface area contributed by atoms with E-state index >= 15 is 0 Å². The Morgan fingerprint density at radius 2 is 1.79 bits per heavy atom. The summed E-state index contributed by atoms with van der Waals surface area (Å²) in [6, 6.07) is 5.84. The average Bonchev–Trinajstić information content (AvgIpc) is 2.40. The molecular weight excluding hydrogens is 268 g/mol. The Hall–Kier alpha value is -1.60. The lowest BCUT2D eigenvalue weighted by Gasteiger charge is -2.26. The lowest BCUT2D eigenvalue weighted by Crippen LogP contribution is -2.43. The van der Waals surface area contributed by atoms with Crippen molar-refractivity contribution in [2.75, 3.05) is 37.8 Å². The fraction of sp³-hybridized carbons (Fsp3) is 0.417. The lowest BCUT2D eigenvalue weighted by molar-refractivity contribution is -0.132. The van der Waals surface area contributed by atoms with Crippen molar-refractivity contribution in [1.29, 1.82) is 0 Å². The molecule has 2 rings (SSSR count). The lowest BCUT2D eigenvalue weighted by atomic mass is 10.3. The molecule has 7 heteroatoms. The van der Waals surface area contributed by atoms with Gasteiger partial charge in [0, 0.05) is 18.8 Å². The van der Waals surface area contributed by atoms with E-state index in [1.807, 2.05) is 0 Å². The molecule has 1 saturated heterocycles. The highest BCUT2D eigenvalue weighted by atomic mass is 32.2. The molecule has 1 fully saturated rings. The van der Waals surface area contributed by atoms with Crippen molar-refractivity contribution in [2.45, 2.75) is 4.90 Å². The number of carbonyl (C=O) groups excluding carboxylic acids is 1. The van der Waals surface area contributed by atoms with Gasteiger partial charge in [0.2, 0.25) is 5.91 Å². The van der Waals surface area contributed by atoms with Crippen LogP contribution < -0.4 is 5.73 Å². The quantitative estimate of drug-likeness (QED) is 0.783. The maximum absolute atomic E-state index is 12.1. The number of benzene rings is 1. The molecule has 0 bridgehead atoms. The molecule has 1 aliphatic heterocycles. The van der Waals surface area contributed by atoms with Gasteiger partial charge in [-0.15, -0.1) is 0 Å². The van der Waals surface area contributed by atoms with Gasteiger partial charge in [-0.3, -0.25) is 4.79 Å². The highest BCUT2D eigenvalue weighted by Crippen LogP contribution is 2.14. The van der Waals surface area contributed by atoms with Crippen molar-refractivity contribution in [2.24, 2.45) is 0 Å². The zero-order valence-electron chi connectivity index (χ0n) is 10.4. The molecule has 0 saturated carbocycles.